The SMILES string of the molecule is CC/C=C(\C=NC)n1c(=S)[nH]c2scc(-c3ccccc3)c2c1=O. The quantitative estimate of drug-likeness (QED) is 0.543. The molecule has 0 aliphatic carbocycles. The maximum Gasteiger partial charge on any atom is 0.268 e. The summed E-state index contributed by atoms with van der Waals surface area (Å²) in [7, 11) is 1.68. The molecule has 2 aromatic heterocycles. The highest BCUT2D eigenvalue weighted by Crippen LogP contribution is 2.30. The number of aromatic nitrogens is 2. The van der Waals surface area contributed by atoms with Crippen LogP contribution in [-0.2, 0) is 0 Å². The van der Waals surface area contributed by atoms with Crippen molar-refractivity contribution < 1.29 is 0 Å². The van der Waals surface area contributed by atoms with E-state index in [2.05, 4.69) is 9.98 Å². The Morgan fingerprint density at radius 3 is 2.79 bits per heavy atom. The lowest BCUT2D eigenvalue weighted by molar-refractivity contribution is 0.976. The Labute approximate surface area is 148 Å². The average molecular weight is 355 g/mol. The molecule has 0 fully saturated rings. The topological polar surface area (TPSA) is 50.1 Å². The van der Waals surface area contributed by atoms with E-state index < -0.39 is 0 Å². The van der Waals surface area contributed by atoms with E-state index in [4.69, 9.17) is 12.2 Å². The summed E-state index contributed by atoms with van der Waals surface area (Å²) in [5.74, 6) is 0. The van der Waals surface area contributed by atoms with Gasteiger partial charge in [-0.1, -0.05) is 43.3 Å². The fourth-order valence-corrected chi connectivity index (χ4v) is 3.94. The molecule has 0 bridgehead atoms. The molecule has 0 aliphatic heterocycles. The van der Waals surface area contributed by atoms with E-state index in [0.717, 1.165) is 22.4 Å². The van der Waals surface area contributed by atoms with E-state index in [1.54, 1.807) is 13.3 Å². The normalized spacial score (nSPS) is 12.3. The molecule has 0 radical (unpaired) electrons. The van der Waals surface area contributed by atoms with Crippen LogP contribution < -0.4 is 5.56 Å². The minimum absolute atomic E-state index is 0.117. The van der Waals surface area contributed by atoms with E-state index in [-0.39, 0.29) is 5.56 Å². The lowest BCUT2D eigenvalue weighted by atomic mass is 10.1. The molecule has 1 aromatic carbocycles. The summed E-state index contributed by atoms with van der Waals surface area (Å²) < 4.78 is 1.90. The van der Waals surface area contributed by atoms with Crippen LogP contribution in [0, 0.1) is 4.77 Å². The number of nitrogens with one attached hydrogen (secondary N) is 1. The Hall–Kier alpha value is -2.31. The van der Waals surface area contributed by atoms with Crippen molar-refractivity contribution in [3.8, 4) is 11.1 Å². The van der Waals surface area contributed by atoms with Gasteiger partial charge in [-0.25, -0.2) is 0 Å². The van der Waals surface area contributed by atoms with Crippen LogP contribution in [0.1, 0.15) is 13.3 Å². The van der Waals surface area contributed by atoms with Crippen LogP contribution in [0.15, 0.2) is 51.6 Å². The molecule has 0 spiro atoms. The number of aliphatic imine (C=N–C) groups is 1. The molecular weight excluding hydrogens is 338 g/mol. The van der Waals surface area contributed by atoms with Crippen LogP contribution in [0.5, 0.6) is 0 Å². The molecule has 1 N–H and O–H groups in total. The summed E-state index contributed by atoms with van der Waals surface area (Å²) in [5, 5.41) is 2.65. The van der Waals surface area contributed by atoms with Crippen molar-refractivity contribution in [1.29, 1.82) is 0 Å². The second kappa shape index (κ2) is 7.07. The monoisotopic (exact) mass is 355 g/mol. The number of hydrogen-bond donors (Lipinski definition) is 1. The van der Waals surface area contributed by atoms with Gasteiger partial charge in [0, 0.05) is 24.2 Å². The summed E-state index contributed by atoms with van der Waals surface area (Å²) >= 11 is 6.90. The lowest BCUT2D eigenvalue weighted by Gasteiger charge is -2.08. The standard InChI is InChI=1S/C18H17N3OS2/c1-3-7-13(10-19-2)21-17(22)15-14(12-8-5-4-6-9-12)11-24-16(15)20-18(21)23/h4-11H,3H2,1-2H3,(H,20,23)/b13-7+,19-10?. The van der Waals surface area contributed by atoms with E-state index in [9.17, 15) is 4.79 Å². The number of rotatable bonds is 4. The molecule has 0 saturated heterocycles. The highest BCUT2D eigenvalue weighted by Gasteiger charge is 2.15. The molecule has 6 heteroatoms. The van der Waals surface area contributed by atoms with Crippen LogP contribution in [-0.4, -0.2) is 22.8 Å². The highest BCUT2D eigenvalue weighted by atomic mass is 32.1. The third-order valence-electron chi connectivity index (χ3n) is 3.65. The zero-order chi connectivity index (χ0) is 17.1. The van der Waals surface area contributed by atoms with Crippen molar-refractivity contribution in [1.82, 2.24) is 9.55 Å². The zero-order valence-electron chi connectivity index (χ0n) is 13.4. The van der Waals surface area contributed by atoms with E-state index in [0.29, 0.717) is 15.9 Å². The molecule has 0 unspecified atom stereocenters. The summed E-state index contributed by atoms with van der Waals surface area (Å²) in [6, 6.07) is 9.90. The third kappa shape index (κ3) is 2.90. The van der Waals surface area contributed by atoms with Crippen molar-refractivity contribution in [3.63, 3.8) is 0 Å². The predicted molar refractivity (Wildman–Crippen MR) is 106 cm³/mol. The molecule has 122 valence electrons. The van der Waals surface area contributed by atoms with Gasteiger partial charge in [0.2, 0.25) is 0 Å². The van der Waals surface area contributed by atoms with Crippen molar-refractivity contribution >= 4 is 45.7 Å². The molecule has 24 heavy (non-hydrogen) atoms. The number of H-pyrrole nitrogens is 1. The van der Waals surface area contributed by atoms with Crippen molar-refractivity contribution in [3.05, 3.63) is 56.9 Å². The largest absolute Gasteiger partial charge is 0.323 e. The number of hydrogen-bond acceptors (Lipinski definition) is 4. The Kier molecular flexibility index (Phi) is 4.87. The first-order chi connectivity index (χ1) is 11.7. The number of nitrogens with zero attached hydrogens (tertiary/aromatic N) is 2. The van der Waals surface area contributed by atoms with Gasteiger partial charge in [0.25, 0.3) is 5.56 Å². The Balaban J connectivity index is 2.36. The maximum absolute atomic E-state index is 13.2. The van der Waals surface area contributed by atoms with E-state index in [1.807, 2.05) is 48.7 Å². The van der Waals surface area contributed by atoms with Gasteiger partial charge in [-0.3, -0.25) is 14.4 Å². The Bertz CT molecular complexity index is 1040. The molecule has 0 saturated carbocycles. The lowest BCUT2D eigenvalue weighted by Crippen LogP contribution is -2.22. The van der Waals surface area contributed by atoms with Gasteiger partial charge in [0.05, 0.1) is 11.1 Å². The van der Waals surface area contributed by atoms with Crippen molar-refractivity contribution in [2.45, 2.75) is 13.3 Å². The Morgan fingerprint density at radius 2 is 2.12 bits per heavy atom. The Morgan fingerprint density at radius 1 is 1.38 bits per heavy atom. The first-order valence-electron chi connectivity index (χ1n) is 7.62. The smallest absolute Gasteiger partial charge is 0.268 e. The molecule has 4 nitrogen and oxygen atoms in total. The van der Waals surface area contributed by atoms with Gasteiger partial charge in [-0.2, -0.15) is 0 Å². The summed E-state index contributed by atoms with van der Waals surface area (Å²) in [6.45, 7) is 2.01. The highest BCUT2D eigenvalue weighted by molar-refractivity contribution is 7.71. The summed E-state index contributed by atoms with van der Waals surface area (Å²) in [4.78, 5) is 21.2. The first kappa shape index (κ1) is 16.5. The number of fused-ring (bicyclic) bond motifs is 1. The number of allylic oxidation sites excluding steroid dienone is 2. The van der Waals surface area contributed by atoms with Crippen LogP contribution in [0.2, 0.25) is 0 Å². The predicted octanol–water partition coefficient (Wildman–Crippen LogP) is 4.74. The third-order valence-corrected chi connectivity index (χ3v) is 4.83. The van der Waals surface area contributed by atoms with Gasteiger partial charge < -0.3 is 4.98 Å². The van der Waals surface area contributed by atoms with Crippen LogP contribution in [0.3, 0.4) is 0 Å². The second-order valence-electron chi connectivity index (χ2n) is 5.21. The fraction of sp³-hybridized carbons (Fsp3) is 0.167. The fourth-order valence-electron chi connectivity index (χ4n) is 2.63. The van der Waals surface area contributed by atoms with Crippen molar-refractivity contribution in [2.75, 3.05) is 7.05 Å². The molecule has 0 aliphatic rings. The maximum atomic E-state index is 13.2. The van der Waals surface area contributed by atoms with Crippen molar-refractivity contribution in [2.24, 2.45) is 4.99 Å². The minimum Gasteiger partial charge on any atom is -0.323 e. The second-order valence-corrected chi connectivity index (χ2v) is 6.48. The molecule has 2 heterocycles. The average Bonchev–Trinajstić information content (AvgIpc) is 3.00. The number of aromatic amines is 1. The van der Waals surface area contributed by atoms with Gasteiger partial charge in [-0.05, 0) is 24.2 Å². The molecular formula is C18H17N3OS2. The van der Waals surface area contributed by atoms with Gasteiger partial charge in [0.15, 0.2) is 4.77 Å². The van der Waals surface area contributed by atoms with Gasteiger partial charge in [-0.15, -0.1) is 11.3 Å². The van der Waals surface area contributed by atoms with Crippen LogP contribution in [0.25, 0.3) is 27.0 Å². The number of benzene rings is 1. The van der Waals surface area contributed by atoms with E-state index >= 15 is 0 Å². The molecule has 3 rings (SSSR count). The number of thiophene rings is 1. The van der Waals surface area contributed by atoms with Gasteiger partial charge in [0.1, 0.15) is 4.83 Å². The minimum atomic E-state index is -0.117. The molecule has 0 amide bonds. The summed E-state index contributed by atoms with van der Waals surface area (Å²) in [6.07, 6.45) is 4.39. The van der Waals surface area contributed by atoms with Gasteiger partial charge >= 0.3 is 0 Å². The van der Waals surface area contributed by atoms with E-state index in [1.165, 1.54) is 15.9 Å². The van der Waals surface area contributed by atoms with Crippen LogP contribution >= 0.6 is 23.6 Å². The zero-order valence-corrected chi connectivity index (χ0v) is 15.1. The van der Waals surface area contributed by atoms with Crippen LogP contribution in [0.4, 0.5) is 0 Å². The first-order valence-corrected chi connectivity index (χ1v) is 8.90. The molecule has 3 aromatic rings. The molecule has 0 atom stereocenters. The summed E-state index contributed by atoms with van der Waals surface area (Å²) in [5.41, 5.74) is 2.51.